The van der Waals surface area contributed by atoms with Gasteiger partial charge in [0, 0.05) is 5.92 Å². The van der Waals surface area contributed by atoms with Crippen molar-refractivity contribution in [3.63, 3.8) is 0 Å². The summed E-state index contributed by atoms with van der Waals surface area (Å²) in [7, 11) is 0. The minimum absolute atomic E-state index is 0.00753. The molecule has 1 aromatic carbocycles. The zero-order valence-electron chi connectivity index (χ0n) is 13.1. The summed E-state index contributed by atoms with van der Waals surface area (Å²) in [6.07, 6.45) is 0.0280. The third-order valence-corrected chi connectivity index (χ3v) is 3.23. The van der Waals surface area contributed by atoms with E-state index in [0.29, 0.717) is 22.6 Å². The second kappa shape index (κ2) is 7.04. The normalized spacial score (nSPS) is 10.7. The first-order valence-electron chi connectivity index (χ1n) is 7.18. The third kappa shape index (κ3) is 4.15. The molecule has 0 aliphatic heterocycles. The molecule has 122 valence electrons. The zero-order valence-corrected chi connectivity index (χ0v) is 13.1. The molecule has 0 aliphatic rings. The van der Waals surface area contributed by atoms with Crippen LogP contribution in [0.2, 0.25) is 0 Å². The molecule has 0 fully saturated rings. The van der Waals surface area contributed by atoms with E-state index < -0.39 is 11.8 Å². The number of carbonyl (C=O) groups excluding carboxylic acids is 2. The fourth-order valence-electron chi connectivity index (χ4n) is 2.08. The van der Waals surface area contributed by atoms with Crippen LogP contribution < -0.4 is 10.9 Å². The van der Waals surface area contributed by atoms with Gasteiger partial charge >= 0.3 is 0 Å². The molecule has 6 nitrogen and oxygen atoms in total. The molecule has 0 unspecified atom stereocenters. The lowest BCUT2D eigenvalue weighted by Gasteiger charge is -2.08. The minimum atomic E-state index is -0.486. The first-order chi connectivity index (χ1) is 10.9. The summed E-state index contributed by atoms with van der Waals surface area (Å²) >= 11 is 0. The van der Waals surface area contributed by atoms with Crippen LogP contribution in [0.1, 0.15) is 47.1 Å². The summed E-state index contributed by atoms with van der Waals surface area (Å²) in [4.78, 5) is 24.0. The van der Waals surface area contributed by atoms with Crippen LogP contribution in [0.15, 0.2) is 28.8 Å². The van der Waals surface area contributed by atoms with E-state index in [1.54, 1.807) is 6.92 Å². The number of aromatic nitrogens is 1. The van der Waals surface area contributed by atoms with Crippen molar-refractivity contribution in [3.8, 4) is 0 Å². The maximum Gasteiger partial charge on any atom is 0.275 e. The summed E-state index contributed by atoms with van der Waals surface area (Å²) in [5.41, 5.74) is 6.09. The van der Waals surface area contributed by atoms with Crippen LogP contribution in [0.3, 0.4) is 0 Å². The molecule has 0 radical (unpaired) electrons. The fourth-order valence-corrected chi connectivity index (χ4v) is 2.08. The average Bonchev–Trinajstić information content (AvgIpc) is 2.89. The summed E-state index contributed by atoms with van der Waals surface area (Å²) in [6.45, 7) is 5.42. The van der Waals surface area contributed by atoms with Gasteiger partial charge in [-0.25, -0.2) is 4.39 Å². The van der Waals surface area contributed by atoms with Gasteiger partial charge in [-0.1, -0.05) is 31.1 Å². The molecular weight excluding hydrogens is 301 g/mol. The van der Waals surface area contributed by atoms with Crippen molar-refractivity contribution in [1.82, 2.24) is 16.0 Å². The van der Waals surface area contributed by atoms with Crippen LogP contribution in [0, 0.1) is 12.7 Å². The van der Waals surface area contributed by atoms with E-state index in [4.69, 9.17) is 4.52 Å². The number of hydrogen-bond donors (Lipinski definition) is 2. The van der Waals surface area contributed by atoms with E-state index in [9.17, 15) is 14.0 Å². The molecule has 2 rings (SSSR count). The molecule has 1 aromatic heterocycles. The molecule has 0 saturated carbocycles. The van der Waals surface area contributed by atoms with E-state index in [1.807, 2.05) is 13.8 Å². The van der Waals surface area contributed by atoms with E-state index in [1.165, 1.54) is 24.3 Å². The molecule has 0 spiro atoms. The lowest BCUT2D eigenvalue weighted by atomic mass is 10.0. The van der Waals surface area contributed by atoms with Crippen molar-refractivity contribution >= 4 is 11.8 Å². The monoisotopic (exact) mass is 319 g/mol. The Hall–Kier alpha value is -2.70. The third-order valence-electron chi connectivity index (χ3n) is 3.23. The van der Waals surface area contributed by atoms with Gasteiger partial charge in [0.05, 0.1) is 12.1 Å². The molecule has 0 aliphatic carbocycles. The van der Waals surface area contributed by atoms with E-state index in [2.05, 4.69) is 16.0 Å². The van der Waals surface area contributed by atoms with Crippen molar-refractivity contribution in [2.45, 2.75) is 33.1 Å². The van der Waals surface area contributed by atoms with Crippen molar-refractivity contribution < 1.29 is 18.5 Å². The molecule has 2 amide bonds. The largest absolute Gasteiger partial charge is 0.360 e. The molecule has 7 heteroatoms. The Bertz CT molecular complexity index is 708. The number of amides is 2. The van der Waals surface area contributed by atoms with Crippen LogP contribution in [-0.2, 0) is 11.2 Å². The van der Waals surface area contributed by atoms with Gasteiger partial charge in [0.1, 0.15) is 11.4 Å². The Morgan fingerprint density at radius 3 is 2.48 bits per heavy atom. The first-order valence-corrected chi connectivity index (χ1v) is 7.18. The molecule has 0 bridgehead atoms. The highest BCUT2D eigenvalue weighted by Gasteiger charge is 2.22. The van der Waals surface area contributed by atoms with Crippen molar-refractivity contribution in [2.75, 3.05) is 0 Å². The highest BCUT2D eigenvalue weighted by molar-refractivity contribution is 5.97. The van der Waals surface area contributed by atoms with Crippen LogP contribution in [0.25, 0.3) is 0 Å². The van der Waals surface area contributed by atoms with E-state index in [0.717, 1.165) is 0 Å². The molecular formula is C16H18FN3O3. The smallest absolute Gasteiger partial charge is 0.275 e. The Morgan fingerprint density at radius 1 is 1.22 bits per heavy atom. The number of halogens is 1. The minimum Gasteiger partial charge on any atom is -0.360 e. The Labute approximate surface area is 133 Å². The van der Waals surface area contributed by atoms with Crippen LogP contribution in [0.5, 0.6) is 0 Å². The summed E-state index contributed by atoms with van der Waals surface area (Å²) in [5, 5.41) is 3.78. The average molecular weight is 319 g/mol. The fraction of sp³-hybridized carbons (Fsp3) is 0.312. The Kier molecular flexibility index (Phi) is 5.10. The maximum atomic E-state index is 12.8. The Balaban J connectivity index is 1.95. The van der Waals surface area contributed by atoms with Gasteiger partial charge in [-0.2, -0.15) is 0 Å². The predicted octanol–water partition coefficient (Wildman–Crippen LogP) is 2.25. The van der Waals surface area contributed by atoms with E-state index >= 15 is 0 Å². The molecule has 23 heavy (non-hydrogen) atoms. The van der Waals surface area contributed by atoms with Crippen molar-refractivity contribution in [2.24, 2.45) is 0 Å². The molecule has 2 aromatic rings. The number of hydrogen-bond acceptors (Lipinski definition) is 4. The standard InChI is InChI=1S/C16H18FN3O3/c1-9(2)15-14(10(3)20-23-15)16(22)19-18-13(21)8-11-4-6-12(17)7-5-11/h4-7,9H,8H2,1-3H3,(H,18,21)(H,19,22). The van der Waals surface area contributed by atoms with Gasteiger partial charge in [0.2, 0.25) is 5.91 Å². The van der Waals surface area contributed by atoms with Gasteiger partial charge in [0.25, 0.3) is 5.91 Å². The number of hydrazine groups is 1. The van der Waals surface area contributed by atoms with Crippen LogP contribution in [0.4, 0.5) is 4.39 Å². The second-order valence-electron chi connectivity index (χ2n) is 5.47. The maximum absolute atomic E-state index is 12.8. The first kappa shape index (κ1) is 16.7. The summed E-state index contributed by atoms with van der Waals surface area (Å²) < 4.78 is 17.9. The predicted molar refractivity (Wildman–Crippen MR) is 81.0 cm³/mol. The van der Waals surface area contributed by atoms with Crippen molar-refractivity contribution in [1.29, 1.82) is 0 Å². The quantitative estimate of drug-likeness (QED) is 0.847. The van der Waals surface area contributed by atoms with Crippen molar-refractivity contribution in [3.05, 3.63) is 52.7 Å². The molecule has 0 saturated heterocycles. The van der Waals surface area contributed by atoms with Gasteiger partial charge in [-0.05, 0) is 24.6 Å². The van der Waals surface area contributed by atoms with Gasteiger partial charge in [-0.15, -0.1) is 0 Å². The number of aryl methyl sites for hydroxylation is 1. The highest BCUT2D eigenvalue weighted by Crippen LogP contribution is 2.21. The highest BCUT2D eigenvalue weighted by atomic mass is 19.1. The van der Waals surface area contributed by atoms with Crippen LogP contribution >= 0.6 is 0 Å². The number of carbonyl (C=O) groups is 2. The lowest BCUT2D eigenvalue weighted by molar-refractivity contribution is -0.121. The number of benzene rings is 1. The van der Waals surface area contributed by atoms with Gasteiger partial charge in [0.15, 0.2) is 5.76 Å². The van der Waals surface area contributed by atoms with Gasteiger partial charge < -0.3 is 4.52 Å². The number of nitrogens with zero attached hydrogens (tertiary/aromatic N) is 1. The molecule has 0 atom stereocenters. The summed E-state index contributed by atoms with van der Waals surface area (Å²) in [6, 6.07) is 5.57. The lowest BCUT2D eigenvalue weighted by Crippen LogP contribution is -2.42. The number of rotatable bonds is 4. The summed E-state index contributed by atoms with van der Waals surface area (Å²) in [5.74, 6) is -0.809. The zero-order chi connectivity index (χ0) is 17.0. The van der Waals surface area contributed by atoms with Crippen LogP contribution in [-0.4, -0.2) is 17.0 Å². The van der Waals surface area contributed by atoms with E-state index in [-0.39, 0.29) is 18.2 Å². The Morgan fingerprint density at radius 2 is 1.87 bits per heavy atom. The molecule has 1 heterocycles. The van der Waals surface area contributed by atoms with Gasteiger partial charge in [-0.3, -0.25) is 20.4 Å². The second-order valence-corrected chi connectivity index (χ2v) is 5.47. The molecule has 2 N–H and O–H groups in total. The number of nitrogens with one attached hydrogen (secondary N) is 2. The SMILES string of the molecule is Cc1noc(C(C)C)c1C(=O)NNC(=O)Cc1ccc(F)cc1. The topological polar surface area (TPSA) is 84.2 Å².